The van der Waals surface area contributed by atoms with Crippen molar-refractivity contribution in [3.05, 3.63) is 101 Å². The van der Waals surface area contributed by atoms with Crippen LogP contribution in [0.2, 0.25) is 0 Å². The van der Waals surface area contributed by atoms with Gasteiger partial charge in [-0.25, -0.2) is 0 Å². The van der Waals surface area contributed by atoms with E-state index >= 15 is 0 Å². The normalized spacial score (nSPS) is 9.78. The quantitative estimate of drug-likeness (QED) is 0.387. The molecule has 0 saturated carbocycles. The maximum Gasteiger partial charge on any atom is 0.129 e. The van der Waals surface area contributed by atoms with Crippen LogP contribution in [0.25, 0.3) is 16.7 Å². The highest BCUT2D eigenvalue weighted by Gasteiger charge is 2.03. The molecule has 36 heavy (non-hydrogen) atoms. The van der Waals surface area contributed by atoms with E-state index < -0.39 is 0 Å². The third-order valence-electron chi connectivity index (χ3n) is 5.44. The van der Waals surface area contributed by atoms with E-state index in [1.54, 1.807) is 6.92 Å². The van der Waals surface area contributed by atoms with Gasteiger partial charge in [0.05, 0.1) is 0 Å². The number of ketones is 1. The molecule has 0 saturated heterocycles. The number of hydrogen-bond acceptors (Lipinski definition) is 2. The van der Waals surface area contributed by atoms with Crippen LogP contribution < -0.4 is 5.73 Å². The van der Waals surface area contributed by atoms with Gasteiger partial charge in [0.25, 0.3) is 0 Å². The highest BCUT2D eigenvalue weighted by Crippen LogP contribution is 2.22. The second kappa shape index (κ2) is 20.2. The van der Waals surface area contributed by atoms with E-state index in [2.05, 4.69) is 107 Å². The highest BCUT2D eigenvalue weighted by molar-refractivity contribution is 5.74. The van der Waals surface area contributed by atoms with E-state index in [-0.39, 0.29) is 13.2 Å². The fourth-order valence-corrected chi connectivity index (χ4v) is 3.16. The average molecular weight is 490 g/mol. The minimum atomic E-state index is 0. The Labute approximate surface area is 222 Å². The Morgan fingerprint density at radius 1 is 0.778 bits per heavy atom. The van der Waals surface area contributed by atoms with Crippen molar-refractivity contribution in [2.75, 3.05) is 6.54 Å². The SMILES string of the molecule is C.C/C=C(/CCN)c1cc(C)ccc1C.CC.CCC(C)=O.Cc1ccc(-c2ccc(C)cc2)cc1. The van der Waals surface area contributed by atoms with Crippen molar-refractivity contribution >= 4 is 11.4 Å². The van der Waals surface area contributed by atoms with E-state index in [4.69, 9.17) is 5.73 Å². The molecule has 2 nitrogen and oxygen atoms in total. The van der Waals surface area contributed by atoms with Gasteiger partial charge in [-0.3, -0.25) is 0 Å². The predicted octanol–water partition coefficient (Wildman–Crippen LogP) is 9.67. The Balaban J connectivity index is 0. The zero-order valence-corrected chi connectivity index (χ0v) is 23.5. The lowest BCUT2D eigenvalue weighted by atomic mass is 9.96. The van der Waals surface area contributed by atoms with E-state index in [0.717, 1.165) is 6.42 Å². The van der Waals surface area contributed by atoms with Gasteiger partial charge in [-0.05, 0) is 82.3 Å². The van der Waals surface area contributed by atoms with Crippen molar-refractivity contribution in [1.29, 1.82) is 0 Å². The summed E-state index contributed by atoms with van der Waals surface area (Å²) in [5.74, 6) is 0.255. The van der Waals surface area contributed by atoms with Gasteiger partial charge in [-0.2, -0.15) is 0 Å². The van der Waals surface area contributed by atoms with Gasteiger partial charge in [0, 0.05) is 6.42 Å². The van der Waals surface area contributed by atoms with Crippen LogP contribution in [0.4, 0.5) is 0 Å². The summed E-state index contributed by atoms with van der Waals surface area (Å²) < 4.78 is 0. The summed E-state index contributed by atoms with van der Waals surface area (Å²) in [7, 11) is 0. The molecule has 0 spiro atoms. The molecule has 198 valence electrons. The Morgan fingerprint density at radius 2 is 1.17 bits per heavy atom. The summed E-state index contributed by atoms with van der Waals surface area (Å²) in [5.41, 5.74) is 16.1. The third-order valence-corrected chi connectivity index (χ3v) is 5.44. The average Bonchev–Trinajstić information content (AvgIpc) is 2.87. The number of aryl methyl sites for hydroxylation is 4. The van der Waals surface area contributed by atoms with Crippen molar-refractivity contribution in [2.24, 2.45) is 5.73 Å². The van der Waals surface area contributed by atoms with Gasteiger partial charge in [0.15, 0.2) is 0 Å². The number of carbonyl (C=O) groups is 1. The Hall–Kier alpha value is -2.97. The van der Waals surface area contributed by atoms with Crippen molar-refractivity contribution < 1.29 is 4.79 Å². The lowest BCUT2D eigenvalue weighted by molar-refractivity contribution is -0.116. The van der Waals surface area contributed by atoms with Crippen LogP contribution in [0, 0.1) is 27.7 Å². The smallest absolute Gasteiger partial charge is 0.129 e. The first-order chi connectivity index (χ1) is 16.7. The molecule has 3 aromatic carbocycles. The van der Waals surface area contributed by atoms with Crippen LogP contribution in [0.1, 0.15) is 82.7 Å². The Morgan fingerprint density at radius 3 is 1.50 bits per heavy atom. The van der Waals surface area contributed by atoms with Crippen LogP contribution in [0.15, 0.2) is 72.8 Å². The van der Waals surface area contributed by atoms with Gasteiger partial charge in [0.1, 0.15) is 5.78 Å². The van der Waals surface area contributed by atoms with E-state index in [9.17, 15) is 4.79 Å². The van der Waals surface area contributed by atoms with Gasteiger partial charge >= 0.3 is 0 Å². The van der Waals surface area contributed by atoms with Crippen molar-refractivity contribution in [3.63, 3.8) is 0 Å². The van der Waals surface area contributed by atoms with Gasteiger partial charge in [-0.15, -0.1) is 0 Å². The zero-order valence-electron chi connectivity index (χ0n) is 23.5. The summed E-state index contributed by atoms with van der Waals surface area (Å²) in [6.45, 7) is 18.7. The molecule has 3 aromatic rings. The van der Waals surface area contributed by atoms with Crippen LogP contribution in [-0.4, -0.2) is 12.3 Å². The molecule has 0 aliphatic rings. The number of carbonyl (C=O) groups excluding carboxylic acids is 1. The number of Topliss-reactive ketones (excluding diaryl/α,β-unsaturated/α-hetero) is 1. The molecule has 3 rings (SSSR count). The molecular weight excluding hydrogens is 438 g/mol. The molecule has 0 aliphatic carbocycles. The van der Waals surface area contributed by atoms with Gasteiger partial charge in [0.2, 0.25) is 0 Å². The molecular formula is C34H51NO. The van der Waals surface area contributed by atoms with E-state index in [1.165, 1.54) is 44.5 Å². The second-order valence-corrected chi connectivity index (χ2v) is 8.46. The molecule has 0 bridgehead atoms. The summed E-state index contributed by atoms with van der Waals surface area (Å²) in [6.07, 6.45) is 3.79. The number of hydrogen-bond donors (Lipinski definition) is 1. The first-order valence-electron chi connectivity index (χ1n) is 12.8. The van der Waals surface area contributed by atoms with E-state index in [0.29, 0.717) is 13.0 Å². The molecule has 0 aliphatic heterocycles. The molecule has 0 heterocycles. The summed E-state index contributed by atoms with van der Waals surface area (Å²) in [4.78, 5) is 9.81. The van der Waals surface area contributed by atoms with Crippen LogP contribution in [0.5, 0.6) is 0 Å². The zero-order chi connectivity index (χ0) is 26.8. The molecule has 0 atom stereocenters. The maximum atomic E-state index is 9.81. The van der Waals surface area contributed by atoms with Crippen molar-refractivity contribution in [2.45, 2.75) is 82.6 Å². The van der Waals surface area contributed by atoms with Crippen LogP contribution >= 0.6 is 0 Å². The number of nitrogens with two attached hydrogens (primary N) is 1. The number of benzene rings is 3. The number of rotatable bonds is 5. The van der Waals surface area contributed by atoms with Crippen molar-refractivity contribution in [3.8, 4) is 11.1 Å². The minimum absolute atomic E-state index is 0. The molecule has 2 heteroatoms. The highest BCUT2D eigenvalue weighted by atomic mass is 16.1. The molecule has 0 amide bonds. The summed E-state index contributed by atoms with van der Waals surface area (Å²) in [6, 6.07) is 23.8. The minimum Gasteiger partial charge on any atom is -0.330 e. The predicted molar refractivity (Wildman–Crippen MR) is 164 cm³/mol. The van der Waals surface area contributed by atoms with Crippen LogP contribution in [0.3, 0.4) is 0 Å². The largest absolute Gasteiger partial charge is 0.330 e. The Kier molecular flexibility index (Phi) is 19.8. The third kappa shape index (κ3) is 13.8. The van der Waals surface area contributed by atoms with Crippen molar-refractivity contribution in [1.82, 2.24) is 0 Å². The fraction of sp³-hybridized carbons (Fsp3) is 0.382. The maximum absolute atomic E-state index is 9.81. The molecule has 0 aromatic heterocycles. The van der Waals surface area contributed by atoms with Gasteiger partial charge < -0.3 is 10.5 Å². The van der Waals surface area contributed by atoms with E-state index in [1.807, 2.05) is 20.8 Å². The molecule has 0 fully saturated rings. The first kappa shape index (κ1) is 35.2. The van der Waals surface area contributed by atoms with Crippen LogP contribution in [-0.2, 0) is 4.79 Å². The monoisotopic (exact) mass is 489 g/mol. The lowest BCUT2D eigenvalue weighted by Crippen LogP contribution is -2.01. The summed E-state index contributed by atoms with van der Waals surface area (Å²) in [5, 5.41) is 0. The standard InChI is InChI=1S/C14H14.C13H19N.C4H8O.C2H6.CH4/c1-11-3-7-13(8-4-11)14-9-5-12(2)6-10-14;1-4-12(7-8-14)13-9-10(2)5-6-11(13)3;1-3-4(2)5;1-2;/h3-10H,1-2H3;4-6,9H,7-8,14H2,1-3H3;3H2,1-2H3;1-2H3;1H4/b;12-4-;;;. The molecule has 0 unspecified atom stereocenters. The fourth-order valence-electron chi connectivity index (χ4n) is 3.16. The first-order valence-corrected chi connectivity index (χ1v) is 12.8. The number of allylic oxidation sites excluding steroid dienone is 1. The van der Waals surface area contributed by atoms with Gasteiger partial charge in [-0.1, -0.05) is 118 Å². The Bertz CT molecular complexity index is 969. The summed E-state index contributed by atoms with van der Waals surface area (Å²) >= 11 is 0. The topological polar surface area (TPSA) is 43.1 Å². The lowest BCUT2D eigenvalue weighted by Gasteiger charge is -2.10. The second-order valence-electron chi connectivity index (χ2n) is 8.46. The molecule has 2 N–H and O–H groups in total. The molecule has 0 radical (unpaired) electrons.